The number of nitrogens with zero attached hydrogens (tertiary/aromatic N) is 1. The van der Waals surface area contributed by atoms with Crippen molar-refractivity contribution >= 4 is 5.69 Å². The van der Waals surface area contributed by atoms with E-state index in [0.717, 1.165) is 29.2 Å². The molecule has 104 valence electrons. The van der Waals surface area contributed by atoms with Gasteiger partial charge in [-0.3, -0.25) is 0 Å². The van der Waals surface area contributed by atoms with E-state index < -0.39 is 0 Å². The first-order chi connectivity index (χ1) is 9.76. The average molecular weight is 268 g/mol. The summed E-state index contributed by atoms with van der Waals surface area (Å²) in [5, 5.41) is 12.1. The van der Waals surface area contributed by atoms with Crippen molar-refractivity contribution < 1.29 is 4.74 Å². The Morgan fingerprint density at radius 3 is 2.70 bits per heavy atom. The van der Waals surface area contributed by atoms with E-state index in [1.165, 1.54) is 12.8 Å². The Hall–Kier alpha value is -1.95. The highest BCUT2D eigenvalue weighted by Crippen LogP contribution is 2.45. The minimum atomic E-state index is 0.0979. The number of benzene rings is 1. The van der Waals surface area contributed by atoms with Crippen LogP contribution in [0.1, 0.15) is 19.8 Å². The molecule has 2 aliphatic rings. The smallest absolute Gasteiger partial charge is 0.174 e. The number of fused-ring (bicyclic) bond motifs is 2. The summed E-state index contributed by atoms with van der Waals surface area (Å²) >= 11 is 0. The molecule has 1 N–H and O–H groups in total. The fourth-order valence-electron chi connectivity index (χ4n) is 3.53. The van der Waals surface area contributed by atoms with Crippen molar-refractivity contribution in [1.82, 2.24) is 0 Å². The fraction of sp³-hybridized carbons (Fsp3) is 0.471. The van der Waals surface area contributed by atoms with Crippen LogP contribution in [0.4, 0.5) is 5.69 Å². The molecule has 1 aromatic rings. The number of ether oxygens (including phenoxy) is 1. The minimum absolute atomic E-state index is 0.0979. The van der Waals surface area contributed by atoms with Crippen molar-refractivity contribution in [2.75, 3.05) is 11.9 Å². The van der Waals surface area contributed by atoms with E-state index in [-0.39, 0.29) is 6.61 Å². The SMILES string of the molecule is CC(Nc1ccc(OCC#N)cc1)C1CC2C=CC1C2. The predicted molar refractivity (Wildman–Crippen MR) is 79.5 cm³/mol. The first-order valence-electron chi connectivity index (χ1n) is 7.31. The molecule has 3 nitrogen and oxygen atoms in total. The highest BCUT2D eigenvalue weighted by molar-refractivity contribution is 5.47. The van der Waals surface area contributed by atoms with E-state index in [1.807, 2.05) is 30.3 Å². The molecule has 4 atom stereocenters. The summed E-state index contributed by atoms with van der Waals surface area (Å²) in [4.78, 5) is 0. The highest BCUT2D eigenvalue weighted by Gasteiger charge is 2.38. The molecule has 2 aliphatic carbocycles. The second-order valence-electron chi connectivity index (χ2n) is 5.85. The number of anilines is 1. The van der Waals surface area contributed by atoms with Gasteiger partial charge in [0.15, 0.2) is 6.61 Å². The summed E-state index contributed by atoms with van der Waals surface area (Å²) in [6, 6.07) is 10.3. The zero-order chi connectivity index (χ0) is 13.9. The van der Waals surface area contributed by atoms with Crippen molar-refractivity contribution in [3.05, 3.63) is 36.4 Å². The van der Waals surface area contributed by atoms with Crippen LogP contribution in [-0.2, 0) is 0 Å². The molecule has 1 saturated carbocycles. The Morgan fingerprint density at radius 2 is 2.10 bits per heavy atom. The lowest BCUT2D eigenvalue weighted by Gasteiger charge is -2.27. The van der Waals surface area contributed by atoms with Crippen molar-refractivity contribution in [2.24, 2.45) is 17.8 Å². The van der Waals surface area contributed by atoms with E-state index in [2.05, 4.69) is 24.4 Å². The van der Waals surface area contributed by atoms with Gasteiger partial charge in [0, 0.05) is 11.7 Å². The van der Waals surface area contributed by atoms with Gasteiger partial charge in [-0.1, -0.05) is 12.2 Å². The molecule has 1 fully saturated rings. The fourth-order valence-corrected chi connectivity index (χ4v) is 3.53. The summed E-state index contributed by atoms with van der Waals surface area (Å²) in [7, 11) is 0. The Morgan fingerprint density at radius 1 is 1.30 bits per heavy atom. The lowest BCUT2D eigenvalue weighted by atomic mass is 9.87. The standard InChI is InChI=1S/C17H20N2O/c1-12(17-11-13-2-3-14(17)10-13)19-15-4-6-16(7-5-15)20-9-8-18/h2-7,12-14,17,19H,9-11H2,1H3. The predicted octanol–water partition coefficient (Wildman–Crippen LogP) is 3.60. The molecular weight excluding hydrogens is 248 g/mol. The average Bonchev–Trinajstić information content (AvgIpc) is 3.09. The number of nitrogens with one attached hydrogen (secondary N) is 1. The summed E-state index contributed by atoms with van der Waals surface area (Å²) in [5.41, 5.74) is 1.12. The van der Waals surface area contributed by atoms with Gasteiger partial charge < -0.3 is 10.1 Å². The number of rotatable bonds is 5. The molecule has 1 aromatic carbocycles. The summed E-state index contributed by atoms with van der Waals surface area (Å²) < 4.78 is 5.26. The van der Waals surface area contributed by atoms with Crippen molar-refractivity contribution in [2.45, 2.75) is 25.8 Å². The second-order valence-corrected chi connectivity index (χ2v) is 5.85. The first-order valence-corrected chi connectivity index (χ1v) is 7.31. The van der Waals surface area contributed by atoms with Gasteiger partial charge in [0.2, 0.25) is 0 Å². The van der Waals surface area contributed by atoms with Gasteiger partial charge in [-0.2, -0.15) is 5.26 Å². The molecule has 0 spiro atoms. The Kier molecular flexibility index (Phi) is 3.64. The second kappa shape index (κ2) is 5.58. The largest absolute Gasteiger partial charge is 0.479 e. The lowest BCUT2D eigenvalue weighted by molar-refractivity contribution is 0.368. The quantitative estimate of drug-likeness (QED) is 0.830. The molecule has 0 aliphatic heterocycles. The zero-order valence-electron chi connectivity index (χ0n) is 11.8. The number of nitriles is 1. The van der Waals surface area contributed by atoms with Crippen LogP contribution >= 0.6 is 0 Å². The maximum absolute atomic E-state index is 8.48. The summed E-state index contributed by atoms with van der Waals surface area (Å²) in [6.07, 6.45) is 7.45. The van der Waals surface area contributed by atoms with E-state index in [1.54, 1.807) is 0 Å². The molecule has 0 aromatic heterocycles. The van der Waals surface area contributed by atoms with Gasteiger partial charge >= 0.3 is 0 Å². The maximum atomic E-state index is 8.48. The van der Waals surface area contributed by atoms with Gasteiger partial charge in [0.25, 0.3) is 0 Å². The Bertz CT molecular complexity index is 529. The van der Waals surface area contributed by atoms with Crippen molar-refractivity contribution in [3.8, 4) is 11.8 Å². The topological polar surface area (TPSA) is 45.0 Å². The summed E-state index contributed by atoms with van der Waals surface area (Å²) in [6.45, 7) is 2.37. The van der Waals surface area contributed by atoms with Crippen LogP contribution in [0, 0.1) is 29.1 Å². The molecule has 3 rings (SSSR count). The van der Waals surface area contributed by atoms with Crippen LogP contribution in [0.15, 0.2) is 36.4 Å². The third kappa shape index (κ3) is 2.65. The molecule has 0 amide bonds. The van der Waals surface area contributed by atoms with Crippen LogP contribution in [0.25, 0.3) is 0 Å². The van der Waals surface area contributed by atoms with E-state index >= 15 is 0 Å². The van der Waals surface area contributed by atoms with E-state index in [0.29, 0.717) is 6.04 Å². The molecule has 20 heavy (non-hydrogen) atoms. The monoisotopic (exact) mass is 268 g/mol. The maximum Gasteiger partial charge on any atom is 0.174 e. The molecule has 2 bridgehead atoms. The van der Waals surface area contributed by atoms with E-state index in [9.17, 15) is 0 Å². The highest BCUT2D eigenvalue weighted by atomic mass is 16.5. The Balaban J connectivity index is 1.57. The summed E-state index contributed by atoms with van der Waals surface area (Å²) in [5.74, 6) is 3.07. The van der Waals surface area contributed by atoms with Crippen LogP contribution in [0.5, 0.6) is 5.75 Å². The van der Waals surface area contributed by atoms with Gasteiger partial charge in [0.05, 0.1) is 0 Å². The van der Waals surface area contributed by atoms with Crippen LogP contribution in [-0.4, -0.2) is 12.6 Å². The lowest BCUT2D eigenvalue weighted by Crippen LogP contribution is -2.28. The number of hydrogen-bond donors (Lipinski definition) is 1. The molecular formula is C17H20N2O. The first kappa shape index (κ1) is 13.1. The molecule has 0 saturated heterocycles. The zero-order valence-corrected chi connectivity index (χ0v) is 11.8. The van der Waals surface area contributed by atoms with Gasteiger partial charge in [-0.15, -0.1) is 0 Å². The Labute approximate surface area is 120 Å². The molecule has 0 radical (unpaired) electrons. The minimum Gasteiger partial charge on any atom is -0.479 e. The van der Waals surface area contributed by atoms with Gasteiger partial charge in [0.1, 0.15) is 11.8 Å². The molecule has 4 unspecified atom stereocenters. The normalized spacial score (nSPS) is 28.1. The van der Waals surface area contributed by atoms with Crippen molar-refractivity contribution in [1.29, 1.82) is 5.26 Å². The van der Waals surface area contributed by atoms with Crippen LogP contribution < -0.4 is 10.1 Å². The molecule has 3 heteroatoms. The molecule has 0 heterocycles. The number of hydrogen-bond acceptors (Lipinski definition) is 3. The number of allylic oxidation sites excluding steroid dienone is 2. The van der Waals surface area contributed by atoms with Gasteiger partial charge in [-0.25, -0.2) is 0 Å². The third-order valence-corrected chi connectivity index (χ3v) is 4.52. The van der Waals surface area contributed by atoms with Crippen LogP contribution in [0.3, 0.4) is 0 Å². The van der Waals surface area contributed by atoms with Gasteiger partial charge in [-0.05, 0) is 61.8 Å². The van der Waals surface area contributed by atoms with Crippen molar-refractivity contribution in [3.63, 3.8) is 0 Å². The van der Waals surface area contributed by atoms with Crippen LogP contribution in [0.2, 0.25) is 0 Å². The van der Waals surface area contributed by atoms with E-state index in [4.69, 9.17) is 10.00 Å². The third-order valence-electron chi connectivity index (χ3n) is 4.52.